The summed E-state index contributed by atoms with van der Waals surface area (Å²) < 4.78 is 13.2. The summed E-state index contributed by atoms with van der Waals surface area (Å²) in [6, 6.07) is 7.96. The number of methoxy groups -OCH3 is 1. The number of fused-ring (bicyclic) bond motifs is 1. The highest BCUT2D eigenvalue weighted by Crippen LogP contribution is 2.33. The Morgan fingerprint density at radius 3 is 2.97 bits per heavy atom. The van der Waals surface area contributed by atoms with Crippen LogP contribution in [0.1, 0.15) is 32.6 Å². The molecule has 0 radical (unpaired) electrons. The minimum atomic E-state index is 0.0479. The normalized spacial score (nSPS) is 19.4. The molecular formula is C21H26N4O3S. The second-order valence-electron chi connectivity index (χ2n) is 7.58. The van der Waals surface area contributed by atoms with E-state index in [9.17, 15) is 4.79 Å². The fraction of sp³-hybridized carbons (Fsp3) is 0.476. The van der Waals surface area contributed by atoms with Crippen LogP contribution in [0.15, 0.2) is 33.8 Å². The zero-order valence-electron chi connectivity index (χ0n) is 17.0. The summed E-state index contributed by atoms with van der Waals surface area (Å²) in [5.74, 6) is 2.83. The molecule has 2 aromatic heterocycles. The standard InChI is InChI=1S/C21H26N4O3S/c1-13-7-4-5-9-15(13)22-18(26)12-29-21-24-23-20(25(21)2)17-11-14-8-6-10-16(27-3)19(14)28-17/h6,8,10-11,13,15H,4-5,7,9,12H2,1-3H3,(H,22,26)/t13-,15+/m0/s1. The molecule has 1 saturated carbocycles. The number of hydrogen-bond acceptors (Lipinski definition) is 6. The highest BCUT2D eigenvalue weighted by Gasteiger charge is 2.23. The van der Waals surface area contributed by atoms with Gasteiger partial charge in [-0.3, -0.25) is 4.79 Å². The fourth-order valence-electron chi connectivity index (χ4n) is 3.87. The van der Waals surface area contributed by atoms with Crippen molar-refractivity contribution in [2.75, 3.05) is 12.9 Å². The molecule has 154 valence electrons. The van der Waals surface area contributed by atoms with Crippen molar-refractivity contribution in [2.24, 2.45) is 13.0 Å². The van der Waals surface area contributed by atoms with Crippen LogP contribution in [-0.2, 0) is 11.8 Å². The molecule has 0 aliphatic heterocycles. The molecule has 8 heteroatoms. The van der Waals surface area contributed by atoms with Gasteiger partial charge < -0.3 is 19.0 Å². The van der Waals surface area contributed by atoms with Crippen LogP contribution in [0, 0.1) is 5.92 Å². The Kier molecular flexibility index (Phi) is 5.80. The van der Waals surface area contributed by atoms with Gasteiger partial charge in [-0.05, 0) is 30.9 Å². The predicted octanol–water partition coefficient (Wildman–Crippen LogP) is 4.02. The number of carbonyl (C=O) groups is 1. The highest BCUT2D eigenvalue weighted by atomic mass is 32.2. The largest absolute Gasteiger partial charge is 0.493 e. The van der Waals surface area contributed by atoms with E-state index in [0.29, 0.717) is 39.7 Å². The second-order valence-corrected chi connectivity index (χ2v) is 8.52. The van der Waals surface area contributed by atoms with Gasteiger partial charge in [-0.2, -0.15) is 0 Å². The number of nitrogens with zero attached hydrogens (tertiary/aromatic N) is 3. The van der Waals surface area contributed by atoms with Crippen molar-refractivity contribution in [1.29, 1.82) is 0 Å². The lowest BCUT2D eigenvalue weighted by Crippen LogP contribution is -2.41. The molecule has 0 saturated heterocycles. The number of ether oxygens (including phenoxy) is 1. The molecular weight excluding hydrogens is 388 g/mol. The van der Waals surface area contributed by atoms with Gasteiger partial charge in [-0.15, -0.1) is 10.2 Å². The maximum absolute atomic E-state index is 12.4. The Labute approximate surface area is 174 Å². The number of carbonyl (C=O) groups excluding carboxylic acids is 1. The number of rotatable bonds is 6. The third kappa shape index (κ3) is 4.12. The topological polar surface area (TPSA) is 82.2 Å². The molecule has 0 spiro atoms. The maximum Gasteiger partial charge on any atom is 0.230 e. The third-order valence-corrected chi connectivity index (χ3v) is 6.59. The Hall–Kier alpha value is -2.48. The molecule has 1 aliphatic carbocycles. The van der Waals surface area contributed by atoms with Crippen LogP contribution in [-0.4, -0.2) is 39.6 Å². The number of amides is 1. The monoisotopic (exact) mass is 414 g/mol. The van der Waals surface area contributed by atoms with E-state index < -0.39 is 0 Å². The van der Waals surface area contributed by atoms with Gasteiger partial charge in [0.1, 0.15) is 0 Å². The Morgan fingerprint density at radius 2 is 2.17 bits per heavy atom. The average Bonchev–Trinajstić information content (AvgIpc) is 3.31. The fourth-order valence-corrected chi connectivity index (χ4v) is 4.59. The van der Waals surface area contributed by atoms with Crippen LogP contribution in [0.5, 0.6) is 5.75 Å². The van der Waals surface area contributed by atoms with Crippen molar-refractivity contribution in [2.45, 2.75) is 43.8 Å². The minimum Gasteiger partial charge on any atom is -0.493 e. The summed E-state index contributed by atoms with van der Waals surface area (Å²) >= 11 is 1.39. The van der Waals surface area contributed by atoms with E-state index in [-0.39, 0.29) is 11.9 Å². The first-order valence-corrected chi connectivity index (χ1v) is 10.9. The molecule has 1 N–H and O–H groups in total. The molecule has 2 atom stereocenters. The summed E-state index contributed by atoms with van der Waals surface area (Å²) in [5, 5.41) is 13.3. The number of nitrogens with one attached hydrogen (secondary N) is 1. The number of aromatic nitrogens is 3. The van der Waals surface area contributed by atoms with Gasteiger partial charge in [0.2, 0.25) is 5.91 Å². The zero-order chi connectivity index (χ0) is 20.4. The molecule has 2 heterocycles. The predicted molar refractivity (Wildman–Crippen MR) is 113 cm³/mol. The van der Waals surface area contributed by atoms with Gasteiger partial charge >= 0.3 is 0 Å². The summed E-state index contributed by atoms with van der Waals surface area (Å²) in [5.41, 5.74) is 0.684. The Balaban J connectivity index is 1.44. The summed E-state index contributed by atoms with van der Waals surface area (Å²) in [4.78, 5) is 12.4. The average molecular weight is 415 g/mol. The molecule has 4 rings (SSSR count). The van der Waals surface area contributed by atoms with Crippen LogP contribution in [0.3, 0.4) is 0 Å². The number of furan rings is 1. The number of para-hydroxylation sites is 1. The summed E-state index contributed by atoms with van der Waals surface area (Å²) in [6.45, 7) is 2.22. The first-order chi connectivity index (χ1) is 14.1. The van der Waals surface area contributed by atoms with E-state index in [1.54, 1.807) is 7.11 Å². The van der Waals surface area contributed by atoms with Crippen molar-refractivity contribution in [1.82, 2.24) is 20.1 Å². The third-order valence-electron chi connectivity index (χ3n) is 5.57. The van der Waals surface area contributed by atoms with E-state index in [1.807, 2.05) is 35.9 Å². The minimum absolute atomic E-state index is 0.0479. The van der Waals surface area contributed by atoms with E-state index in [1.165, 1.54) is 31.0 Å². The summed E-state index contributed by atoms with van der Waals surface area (Å²) in [7, 11) is 3.50. The molecule has 1 fully saturated rings. The lowest BCUT2D eigenvalue weighted by Gasteiger charge is -2.29. The number of benzene rings is 1. The highest BCUT2D eigenvalue weighted by molar-refractivity contribution is 7.99. The van der Waals surface area contributed by atoms with Gasteiger partial charge in [0.15, 0.2) is 28.1 Å². The molecule has 1 aromatic carbocycles. The first-order valence-electron chi connectivity index (χ1n) is 9.95. The molecule has 0 unspecified atom stereocenters. The SMILES string of the molecule is COc1cccc2cc(-c3nnc(SCC(=O)N[C@@H]4CCCC[C@@H]4C)n3C)oc12. The van der Waals surface area contributed by atoms with Crippen LogP contribution in [0.2, 0.25) is 0 Å². The molecule has 3 aromatic rings. The Bertz CT molecular complexity index is 1010. The van der Waals surface area contributed by atoms with Crippen molar-refractivity contribution >= 4 is 28.6 Å². The lowest BCUT2D eigenvalue weighted by molar-refractivity contribution is -0.119. The van der Waals surface area contributed by atoms with Gasteiger partial charge in [-0.1, -0.05) is 43.7 Å². The van der Waals surface area contributed by atoms with Crippen LogP contribution in [0.4, 0.5) is 0 Å². The maximum atomic E-state index is 12.4. The van der Waals surface area contributed by atoms with Crippen molar-refractivity contribution in [3.05, 3.63) is 24.3 Å². The number of thioether (sulfide) groups is 1. The van der Waals surface area contributed by atoms with Crippen LogP contribution in [0.25, 0.3) is 22.6 Å². The van der Waals surface area contributed by atoms with E-state index in [0.717, 1.165) is 11.8 Å². The lowest BCUT2D eigenvalue weighted by atomic mass is 9.86. The van der Waals surface area contributed by atoms with E-state index >= 15 is 0 Å². The molecule has 29 heavy (non-hydrogen) atoms. The van der Waals surface area contributed by atoms with E-state index in [4.69, 9.17) is 9.15 Å². The Morgan fingerprint density at radius 1 is 1.34 bits per heavy atom. The van der Waals surface area contributed by atoms with E-state index in [2.05, 4.69) is 22.4 Å². The van der Waals surface area contributed by atoms with Crippen molar-refractivity contribution in [3.8, 4) is 17.3 Å². The van der Waals surface area contributed by atoms with Gasteiger partial charge in [0.05, 0.1) is 12.9 Å². The van der Waals surface area contributed by atoms with Crippen molar-refractivity contribution < 1.29 is 13.9 Å². The van der Waals surface area contributed by atoms with Gasteiger partial charge in [0.25, 0.3) is 0 Å². The van der Waals surface area contributed by atoms with Crippen LogP contribution < -0.4 is 10.1 Å². The molecule has 7 nitrogen and oxygen atoms in total. The smallest absolute Gasteiger partial charge is 0.230 e. The first kappa shape index (κ1) is 19.8. The molecule has 1 aliphatic rings. The second kappa shape index (κ2) is 8.49. The molecule has 1 amide bonds. The summed E-state index contributed by atoms with van der Waals surface area (Å²) in [6.07, 6.45) is 4.71. The van der Waals surface area contributed by atoms with Crippen LogP contribution >= 0.6 is 11.8 Å². The van der Waals surface area contributed by atoms with Gasteiger partial charge in [0, 0.05) is 18.5 Å². The zero-order valence-corrected chi connectivity index (χ0v) is 17.8. The van der Waals surface area contributed by atoms with Crippen molar-refractivity contribution in [3.63, 3.8) is 0 Å². The quantitative estimate of drug-likeness (QED) is 0.614. The van der Waals surface area contributed by atoms with Gasteiger partial charge in [-0.25, -0.2) is 0 Å². The number of hydrogen-bond donors (Lipinski definition) is 1. The molecule has 0 bridgehead atoms.